The van der Waals surface area contributed by atoms with Gasteiger partial charge in [0.1, 0.15) is 5.75 Å². The molecule has 0 aliphatic carbocycles. The number of anilines is 2. The lowest BCUT2D eigenvalue weighted by Gasteiger charge is -2.11. The van der Waals surface area contributed by atoms with E-state index in [0.29, 0.717) is 22.0 Å². The first-order chi connectivity index (χ1) is 13.0. The average molecular weight is 509 g/mol. The van der Waals surface area contributed by atoms with E-state index in [1.54, 1.807) is 48.5 Å². The Hall–Kier alpha value is -2.16. The van der Waals surface area contributed by atoms with E-state index in [0.717, 1.165) is 9.26 Å². The molecule has 1 amide bonds. The second-order valence-electron chi connectivity index (χ2n) is 5.48. The highest BCUT2D eigenvalue weighted by molar-refractivity contribution is 14.1. The van der Waals surface area contributed by atoms with Crippen LogP contribution in [-0.2, 0) is 0 Å². The third-order valence-corrected chi connectivity index (χ3v) is 4.75. The van der Waals surface area contributed by atoms with E-state index in [1.165, 1.54) is 0 Å². The molecule has 0 unspecified atom stereocenters. The number of carbonyl (C=O) groups excluding carboxylic acids is 1. The molecule has 27 heavy (non-hydrogen) atoms. The average Bonchev–Trinajstić information content (AvgIpc) is 2.65. The van der Waals surface area contributed by atoms with Crippen LogP contribution in [0.3, 0.4) is 0 Å². The van der Waals surface area contributed by atoms with E-state index in [4.69, 9.17) is 28.6 Å². The summed E-state index contributed by atoms with van der Waals surface area (Å²) >= 11 is 13.5. The van der Waals surface area contributed by atoms with Crippen molar-refractivity contribution in [2.75, 3.05) is 10.6 Å². The van der Waals surface area contributed by atoms with Crippen molar-refractivity contribution < 1.29 is 9.53 Å². The predicted molar refractivity (Wildman–Crippen MR) is 122 cm³/mol. The molecule has 0 aliphatic rings. The first kappa shape index (κ1) is 19.6. The quantitative estimate of drug-likeness (QED) is 0.337. The Kier molecular flexibility index (Phi) is 6.65. The summed E-state index contributed by atoms with van der Waals surface area (Å²) < 4.78 is 6.75. The molecule has 136 valence electrons. The molecule has 0 heterocycles. The monoisotopic (exact) mass is 508 g/mol. The van der Waals surface area contributed by atoms with E-state index in [1.807, 2.05) is 24.3 Å². The molecule has 3 rings (SSSR count). The van der Waals surface area contributed by atoms with Crippen molar-refractivity contribution in [2.24, 2.45) is 0 Å². The van der Waals surface area contributed by atoms with Gasteiger partial charge in [0.25, 0.3) is 11.1 Å². The first-order valence-electron chi connectivity index (χ1n) is 7.91. The number of benzene rings is 3. The normalized spacial score (nSPS) is 10.1. The fraction of sp³-hybridized carbons (Fsp3) is 0. The van der Waals surface area contributed by atoms with Gasteiger partial charge in [0.2, 0.25) is 0 Å². The molecule has 0 saturated carbocycles. The van der Waals surface area contributed by atoms with E-state index in [2.05, 4.69) is 33.2 Å². The summed E-state index contributed by atoms with van der Waals surface area (Å²) in [6.45, 7) is 0. The van der Waals surface area contributed by atoms with Gasteiger partial charge in [-0.05, 0) is 89.4 Å². The fourth-order valence-electron chi connectivity index (χ4n) is 2.24. The summed E-state index contributed by atoms with van der Waals surface area (Å²) in [7, 11) is 0. The van der Waals surface area contributed by atoms with Crippen LogP contribution in [0.2, 0.25) is 5.02 Å². The third-order valence-electron chi connectivity index (χ3n) is 3.52. The minimum absolute atomic E-state index is 0.194. The molecular weight excluding hydrogens is 495 g/mol. The van der Waals surface area contributed by atoms with Gasteiger partial charge in [0.15, 0.2) is 0 Å². The maximum absolute atomic E-state index is 12.5. The molecule has 0 radical (unpaired) electrons. The van der Waals surface area contributed by atoms with Crippen LogP contribution < -0.4 is 15.4 Å². The highest BCUT2D eigenvalue weighted by Crippen LogP contribution is 2.22. The van der Waals surface area contributed by atoms with Gasteiger partial charge in [0.05, 0.1) is 10.7 Å². The molecular formula is C20H14ClIN2O2S. The van der Waals surface area contributed by atoms with Gasteiger partial charge < -0.3 is 15.4 Å². The van der Waals surface area contributed by atoms with Gasteiger partial charge >= 0.3 is 0 Å². The standard InChI is InChI=1S/C20H14ClIN2O2S/c21-17-6-1-2-7-18(17)24-19(25)13-4-3-5-16(12-13)26-20(27)23-15-10-8-14(22)9-11-15/h1-12H,(H,23,27)(H,24,25). The minimum Gasteiger partial charge on any atom is -0.432 e. The maximum Gasteiger partial charge on any atom is 0.266 e. The number of hydrogen-bond donors (Lipinski definition) is 2. The van der Waals surface area contributed by atoms with E-state index in [9.17, 15) is 4.79 Å². The van der Waals surface area contributed by atoms with Crippen LogP contribution in [0, 0.1) is 3.57 Å². The van der Waals surface area contributed by atoms with Gasteiger partial charge in [-0.2, -0.15) is 0 Å². The summed E-state index contributed by atoms with van der Waals surface area (Å²) in [4.78, 5) is 12.5. The van der Waals surface area contributed by atoms with Crippen LogP contribution in [-0.4, -0.2) is 11.1 Å². The number of halogens is 2. The van der Waals surface area contributed by atoms with Crippen molar-refractivity contribution in [3.63, 3.8) is 0 Å². The number of thiocarbonyl (C=S) groups is 1. The summed E-state index contributed by atoms with van der Waals surface area (Å²) in [6.07, 6.45) is 0. The Labute approximate surface area is 181 Å². The Morgan fingerprint density at radius 1 is 0.963 bits per heavy atom. The zero-order valence-electron chi connectivity index (χ0n) is 13.9. The van der Waals surface area contributed by atoms with Crippen molar-refractivity contribution in [1.29, 1.82) is 0 Å². The molecule has 0 saturated heterocycles. The van der Waals surface area contributed by atoms with Crippen LogP contribution in [0.4, 0.5) is 11.4 Å². The van der Waals surface area contributed by atoms with Gasteiger partial charge in [-0.3, -0.25) is 4.79 Å². The van der Waals surface area contributed by atoms with Crippen LogP contribution in [0.5, 0.6) is 5.75 Å². The highest BCUT2D eigenvalue weighted by atomic mass is 127. The largest absolute Gasteiger partial charge is 0.432 e. The van der Waals surface area contributed by atoms with Crippen molar-refractivity contribution in [1.82, 2.24) is 0 Å². The molecule has 0 aromatic heterocycles. The van der Waals surface area contributed by atoms with Crippen LogP contribution in [0.15, 0.2) is 72.8 Å². The lowest BCUT2D eigenvalue weighted by Crippen LogP contribution is -2.17. The molecule has 0 spiro atoms. The molecule has 0 aliphatic heterocycles. The minimum atomic E-state index is -0.287. The number of hydrogen-bond acceptors (Lipinski definition) is 3. The molecule has 3 aromatic rings. The van der Waals surface area contributed by atoms with E-state index < -0.39 is 0 Å². The number of carbonyl (C=O) groups is 1. The van der Waals surface area contributed by atoms with Gasteiger partial charge in [-0.25, -0.2) is 0 Å². The second kappa shape index (κ2) is 9.16. The van der Waals surface area contributed by atoms with Gasteiger partial charge in [-0.15, -0.1) is 0 Å². The van der Waals surface area contributed by atoms with Crippen LogP contribution in [0.25, 0.3) is 0 Å². The first-order valence-corrected chi connectivity index (χ1v) is 9.78. The Morgan fingerprint density at radius 2 is 1.70 bits per heavy atom. The SMILES string of the molecule is O=C(Nc1ccccc1Cl)c1cccc(OC(=S)Nc2ccc(I)cc2)c1. The number of nitrogens with one attached hydrogen (secondary N) is 2. The molecule has 3 aromatic carbocycles. The van der Waals surface area contributed by atoms with Gasteiger partial charge in [0, 0.05) is 14.8 Å². The van der Waals surface area contributed by atoms with Crippen LogP contribution >= 0.6 is 46.4 Å². The van der Waals surface area contributed by atoms with Crippen molar-refractivity contribution >= 4 is 68.9 Å². The lowest BCUT2D eigenvalue weighted by atomic mass is 10.2. The Balaban J connectivity index is 1.66. The maximum atomic E-state index is 12.5. The van der Waals surface area contributed by atoms with Crippen molar-refractivity contribution in [2.45, 2.75) is 0 Å². The zero-order valence-corrected chi connectivity index (χ0v) is 17.6. The molecule has 0 atom stereocenters. The zero-order chi connectivity index (χ0) is 19.2. The summed E-state index contributed by atoms with van der Waals surface area (Å²) in [5, 5.41) is 6.45. The Bertz CT molecular complexity index is 980. The summed E-state index contributed by atoms with van der Waals surface area (Å²) in [6, 6.07) is 21.6. The second-order valence-corrected chi connectivity index (χ2v) is 7.51. The third kappa shape index (κ3) is 5.66. The topological polar surface area (TPSA) is 50.4 Å². The highest BCUT2D eigenvalue weighted by Gasteiger charge is 2.10. The predicted octanol–water partition coefficient (Wildman–Crippen LogP) is 5.97. The van der Waals surface area contributed by atoms with Crippen LogP contribution in [0.1, 0.15) is 10.4 Å². The number of rotatable bonds is 4. The molecule has 0 bridgehead atoms. The number of para-hydroxylation sites is 1. The Morgan fingerprint density at radius 3 is 2.44 bits per heavy atom. The summed E-state index contributed by atoms with van der Waals surface area (Å²) in [5.74, 6) is 0.176. The van der Waals surface area contributed by atoms with E-state index >= 15 is 0 Å². The van der Waals surface area contributed by atoms with Gasteiger partial charge in [-0.1, -0.05) is 29.8 Å². The van der Waals surface area contributed by atoms with Crippen molar-refractivity contribution in [3.8, 4) is 5.75 Å². The van der Waals surface area contributed by atoms with Crippen molar-refractivity contribution in [3.05, 3.63) is 87.0 Å². The summed E-state index contributed by atoms with van der Waals surface area (Å²) in [5.41, 5.74) is 1.81. The number of ether oxygens (including phenoxy) is 1. The lowest BCUT2D eigenvalue weighted by molar-refractivity contribution is 0.102. The molecule has 7 heteroatoms. The van der Waals surface area contributed by atoms with E-state index in [-0.39, 0.29) is 11.1 Å². The molecule has 2 N–H and O–H groups in total. The fourth-order valence-corrected chi connectivity index (χ4v) is 3.00. The number of amides is 1. The smallest absolute Gasteiger partial charge is 0.266 e. The molecule has 0 fully saturated rings. The molecule has 4 nitrogen and oxygen atoms in total.